The highest BCUT2D eigenvalue weighted by atomic mass is 16.2. The molecule has 5 nitrogen and oxygen atoms in total. The van der Waals surface area contributed by atoms with Crippen LogP contribution in [0, 0.1) is 17.2 Å². The van der Waals surface area contributed by atoms with E-state index in [4.69, 9.17) is 5.73 Å². The predicted molar refractivity (Wildman–Crippen MR) is 84.1 cm³/mol. The maximum atomic E-state index is 11.5. The van der Waals surface area contributed by atoms with Crippen LogP contribution in [0.1, 0.15) is 30.4 Å². The minimum atomic E-state index is -0.368. The van der Waals surface area contributed by atoms with Gasteiger partial charge in [0.05, 0.1) is 11.1 Å². The first kappa shape index (κ1) is 14.3. The van der Waals surface area contributed by atoms with E-state index in [1.807, 2.05) is 24.3 Å². The van der Waals surface area contributed by atoms with Crippen LogP contribution in [0.15, 0.2) is 30.5 Å². The van der Waals surface area contributed by atoms with Crippen molar-refractivity contribution >= 4 is 16.9 Å². The zero-order valence-corrected chi connectivity index (χ0v) is 12.5. The van der Waals surface area contributed by atoms with E-state index in [0.717, 1.165) is 22.9 Å². The molecular weight excluding hydrogens is 276 g/mol. The second kappa shape index (κ2) is 5.64. The van der Waals surface area contributed by atoms with E-state index in [1.165, 1.54) is 0 Å². The molecular formula is C17H18N4O. The Morgan fingerprint density at radius 3 is 2.95 bits per heavy atom. The van der Waals surface area contributed by atoms with Crippen LogP contribution in [0.2, 0.25) is 0 Å². The van der Waals surface area contributed by atoms with E-state index in [0.29, 0.717) is 24.6 Å². The molecule has 1 aliphatic rings. The first-order valence-electron chi connectivity index (χ1n) is 7.42. The van der Waals surface area contributed by atoms with Gasteiger partial charge in [0.15, 0.2) is 0 Å². The van der Waals surface area contributed by atoms with Gasteiger partial charge in [0.1, 0.15) is 6.07 Å². The van der Waals surface area contributed by atoms with Gasteiger partial charge in [0, 0.05) is 30.6 Å². The molecule has 2 heterocycles. The number of carbonyl (C=O) groups excluding carboxylic acids is 1. The standard InChI is InChI=1S/C17H18N4O/c1-11-7-13(10-21(9-11)17(19)22)14-5-4-12(8-18)16-15(14)3-2-6-20-16/h2-6,11,13H,7,9-10H2,1H3,(H2,19,22)/t11-,13?/m1/s1. The predicted octanol–water partition coefficient (Wildman–Crippen LogP) is 2.61. The molecule has 112 valence electrons. The topological polar surface area (TPSA) is 83.0 Å². The summed E-state index contributed by atoms with van der Waals surface area (Å²) in [6.45, 7) is 3.46. The van der Waals surface area contributed by atoms with Crippen molar-refractivity contribution in [1.82, 2.24) is 9.88 Å². The third-order valence-electron chi connectivity index (χ3n) is 4.34. The number of benzene rings is 1. The maximum Gasteiger partial charge on any atom is 0.314 e. The molecule has 1 aliphatic heterocycles. The molecule has 22 heavy (non-hydrogen) atoms. The van der Waals surface area contributed by atoms with Crippen LogP contribution in [-0.4, -0.2) is 29.0 Å². The average molecular weight is 294 g/mol. The summed E-state index contributed by atoms with van der Waals surface area (Å²) >= 11 is 0. The summed E-state index contributed by atoms with van der Waals surface area (Å²) in [7, 11) is 0. The van der Waals surface area contributed by atoms with Gasteiger partial charge in [-0.3, -0.25) is 4.98 Å². The monoisotopic (exact) mass is 294 g/mol. The number of nitrogens with zero attached hydrogens (tertiary/aromatic N) is 3. The Hall–Kier alpha value is -2.61. The summed E-state index contributed by atoms with van der Waals surface area (Å²) in [4.78, 5) is 17.6. The lowest BCUT2D eigenvalue weighted by Crippen LogP contribution is -2.45. The van der Waals surface area contributed by atoms with Crippen LogP contribution in [0.25, 0.3) is 10.9 Å². The van der Waals surface area contributed by atoms with Gasteiger partial charge in [-0.05, 0) is 30.0 Å². The lowest BCUT2D eigenvalue weighted by Gasteiger charge is -2.36. The van der Waals surface area contributed by atoms with Crippen molar-refractivity contribution in [1.29, 1.82) is 5.26 Å². The zero-order chi connectivity index (χ0) is 15.7. The average Bonchev–Trinajstić information content (AvgIpc) is 2.53. The van der Waals surface area contributed by atoms with Crippen LogP contribution in [-0.2, 0) is 0 Å². The highest BCUT2D eigenvalue weighted by Gasteiger charge is 2.29. The van der Waals surface area contributed by atoms with Crippen molar-refractivity contribution in [2.45, 2.75) is 19.3 Å². The fourth-order valence-corrected chi connectivity index (χ4v) is 3.40. The molecule has 0 radical (unpaired) electrons. The van der Waals surface area contributed by atoms with E-state index in [2.05, 4.69) is 18.0 Å². The number of urea groups is 1. The lowest BCUT2D eigenvalue weighted by atomic mass is 9.83. The van der Waals surface area contributed by atoms with E-state index in [9.17, 15) is 10.1 Å². The molecule has 0 saturated carbocycles. The number of piperidine rings is 1. The van der Waals surface area contributed by atoms with Crippen molar-refractivity contribution in [3.05, 3.63) is 41.6 Å². The van der Waals surface area contributed by atoms with Crippen LogP contribution in [0.5, 0.6) is 0 Å². The van der Waals surface area contributed by atoms with Crippen LogP contribution < -0.4 is 5.73 Å². The summed E-state index contributed by atoms with van der Waals surface area (Å²) in [6.07, 6.45) is 2.70. The molecule has 3 rings (SSSR count). The first-order valence-corrected chi connectivity index (χ1v) is 7.42. The fraction of sp³-hybridized carbons (Fsp3) is 0.353. The van der Waals surface area contributed by atoms with Crippen molar-refractivity contribution < 1.29 is 4.79 Å². The van der Waals surface area contributed by atoms with Crippen molar-refractivity contribution in [2.24, 2.45) is 11.7 Å². The highest BCUT2D eigenvalue weighted by molar-refractivity contribution is 5.87. The number of aromatic nitrogens is 1. The number of fused-ring (bicyclic) bond motifs is 1. The molecule has 2 N–H and O–H groups in total. The lowest BCUT2D eigenvalue weighted by molar-refractivity contribution is 0.168. The van der Waals surface area contributed by atoms with Gasteiger partial charge in [-0.25, -0.2) is 4.79 Å². The van der Waals surface area contributed by atoms with Gasteiger partial charge in [0.2, 0.25) is 0 Å². The Morgan fingerprint density at radius 2 is 2.23 bits per heavy atom. The van der Waals surface area contributed by atoms with Gasteiger partial charge < -0.3 is 10.6 Å². The molecule has 1 unspecified atom stereocenters. The van der Waals surface area contributed by atoms with E-state index >= 15 is 0 Å². The van der Waals surface area contributed by atoms with Crippen molar-refractivity contribution in [3.63, 3.8) is 0 Å². The minimum absolute atomic E-state index is 0.218. The Balaban J connectivity index is 2.07. The van der Waals surface area contributed by atoms with Gasteiger partial charge in [-0.2, -0.15) is 5.26 Å². The van der Waals surface area contributed by atoms with E-state index < -0.39 is 0 Å². The Labute approximate surface area is 129 Å². The molecule has 0 aliphatic carbocycles. The number of carbonyl (C=O) groups is 1. The molecule has 0 bridgehead atoms. The van der Waals surface area contributed by atoms with Gasteiger partial charge in [-0.15, -0.1) is 0 Å². The number of hydrogen-bond acceptors (Lipinski definition) is 3. The Morgan fingerprint density at radius 1 is 1.41 bits per heavy atom. The molecule has 2 atom stereocenters. The van der Waals surface area contributed by atoms with Gasteiger partial charge >= 0.3 is 6.03 Å². The van der Waals surface area contributed by atoms with Crippen molar-refractivity contribution in [3.8, 4) is 6.07 Å². The van der Waals surface area contributed by atoms with Crippen molar-refractivity contribution in [2.75, 3.05) is 13.1 Å². The number of pyridine rings is 1. The molecule has 5 heteroatoms. The van der Waals surface area contributed by atoms with Crippen LogP contribution in [0.4, 0.5) is 4.79 Å². The number of rotatable bonds is 1. The summed E-state index contributed by atoms with van der Waals surface area (Å²) in [5.74, 6) is 0.615. The molecule has 1 saturated heterocycles. The molecule has 1 aromatic heterocycles. The summed E-state index contributed by atoms with van der Waals surface area (Å²) in [5.41, 5.74) is 7.91. The quantitative estimate of drug-likeness (QED) is 0.877. The molecule has 1 fully saturated rings. The Kier molecular flexibility index (Phi) is 3.68. The number of nitriles is 1. The second-order valence-electron chi connectivity index (χ2n) is 5.99. The molecule has 0 spiro atoms. The minimum Gasteiger partial charge on any atom is -0.351 e. The summed E-state index contributed by atoms with van der Waals surface area (Å²) in [5, 5.41) is 10.2. The third-order valence-corrected chi connectivity index (χ3v) is 4.34. The number of nitrogens with two attached hydrogens (primary N) is 1. The molecule has 2 amide bonds. The van der Waals surface area contributed by atoms with E-state index in [-0.39, 0.29) is 11.9 Å². The van der Waals surface area contributed by atoms with Crippen LogP contribution >= 0.6 is 0 Å². The zero-order valence-electron chi connectivity index (χ0n) is 12.5. The second-order valence-corrected chi connectivity index (χ2v) is 5.99. The van der Waals surface area contributed by atoms with E-state index in [1.54, 1.807) is 11.1 Å². The summed E-state index contributed by atoms with van der Waals surface area (Å²) < 4.78 is 0. The number of hydrogen-bond donors (Lipinski definition) is 1. The van der Waals surface area contributed by atoms with Crippen LogP contribution in [0.3, 0.4) is 0 Å². The maximum absolute atomic E-state index is 11.5. The largest absolute Gasteiger partial charge is 0.351 e. The van der Waals surface area contributed by atoms with Gasteiger partial charge in [0.25, 0.3) is 0 Å². The molecule has 1 aromatic carbocycles. The van der Waals surface area contributed by atoms with Gasteiger partial charge in [-0.1, -0.05) is 19.1 Å². The Bertz CT molecular complexity index is 765. The number of likely N-dealkylation sites (tertiary alicyclic amines) is 1. The normalized spacial score (nSPS) is 21.5. The number of amides is 2. The number of primary amides is 1. The third kappa shape index (κ3) is 2.48. The highest BCUT2D eigenvalue weighted by Crippen LogP contribution is 2.34. The molecule has 2 aromatic rings. The smallest absolute Gasteiger partial charge is 0.314 e. The first-order chi connectivity index (χ1) is 10.6. The summed E-state index contributed by atoms with van der Waals surface area (Å²) in [6, 6.07) is 9.50. The fourth-order valence-electron chi connectivity index (χ4n) is 3.40. The SMILES string of the molecule is C[C@@H]1CC(c2ccc(C#N)c3ncccc23)CN(C(N)=O)C1.